The summed E-state index contributed by atoms with van der Waals surface area (Å²) in [5, 5.41) is 0.708. The van der Waals surface area contributed by atoms with E-state index in [2.05, 4.69) is 0 Å². The van der Waals surface area contributed by atoms with Crippen molar-refractivity contribution >= 4 is 23.5 Å². The van der Waals surface area contributed by atoms with Gasteiger partial charge in [0.25, 0.3) is 5.56 Å². The molecule has 0 unspecified atom stereocenters. The smallest absolute Gasteiger partial charge is 0.262 e. The maximum Gasteiger partial charge on any atom is 0.262 e. The molecule has 2 rings (SSSR count). The van der Waals surface area contributed by atoms with Gasteiger partial charge in [-0.25, -0.2) is 0 Å². The summed E-state index contributed by atoms with van der Waals surface area (Å²) in [6, 6.07) is 6.63. The Hall–Kier alpha value is -2.43. The third-order valence-corrected chi connectivity index (χ3v) is 2.72. The second kappa shape index (κ2) is 4.83. The summed E-state index contributed by atoms with van der Waals surface area (Å²) in [6.07, 6.45) is 1.11. The Morgan fingerprint density at radius 3 is 2.67 bits per heavy atom. The Kier molecular flexibility index (Phi) is 3.23. The van der Waals surface area contributed by atoms with Gasteiger partial charge in [0.1, 0.15) is 12.0 Å². The lowest BCUT2D eigenvalue weighted by molar-refractivity contribution is -0.108. The van der Waals surface area contributed by atoms with Crippen LogP contribution in [0.25, 0.3) is 10.9 Å². The van der Waals surface area contributed by atoms with E-state index < -0.39 is 5.56 Å². The Balaban J connectivity index is 2.86. The normalized spacial score (nSPS) is 10.3. The number of ether oxygens (including phenoxy) is 1. The van der Waals surface area contributed by atoms with Gasteiger partial charge in [-0.05, 0) is 23.6 Å². The molecule has 0 saturated carbocycles. The van der Waals surface area contributed by atoms with E-state index >= 15 is 0 Å². The number of carbonyl (C=O) groups excluding carboxylic acids is 2. The number of hydrogen-bond donors (Lipinski definition) is 0. The quantitative estimate of drug-likeness (QED) is 0.754. The molecule has 0 bridgehead atoms. The number of aldehydes is 2. The fourth-order valence-corrected chi connectivity index (χ4v) is 1.84. The van der Waals surface area contributed by atoms with E-state index in [0.717, 1.165) is 0 Å². The summed E-state index contributed by atoms with van der Waals surface area (Å²) in [7, 11) is 1.52. The number of aromatic nitrogens is 1. The summed E-state index contributed by atoms with van der Waals surface area (Å²) in [5.74, 6) is 0.584. The van der Waals surface area contributed by atoms with Gasteiger partial charge in [-0.15, -0.1) is 0 Å². The predicted molar refractivity (Wildman–Crippen MR) is 66.2 cm³/mol. The highest BCUT2D eigenvalue weighted by Crippen LogP contribution is 2.20. The Morgan fingerprint density at radius 2 is 2.06 bits per heavy atom. The summed E-state index contributed by atoms with van der Waals surface area (Å²) in [6.45, 7) is -0.0931. The van der Waals surface area contributed by atoms with Gasteiger partial charge >= 0.3 is 0 Å². The second-order valence-electron chi connectivity index (χ2n) is 3.72. The first kappa shape index (κ1) is 12.0. The molecule has 0 aliphatic carbocycles. The summed E-state index contributed by atoms with van der Waals surface area (Å²) >= 11 is 0. The van der Waals surface area contributed by atoms with E-state index in [9.17, 15) is 14.4 Å². The molecular formula is C13H11NO4. The lowest BCUT2D eigenvalue weighted by atomic mass is 10.1. The van der Waals surface area contributed by atoms with Crippen LogP contribution in [-0.4, -0.2) is 24.2 Å². The van der Waals surface area contributed by atoms with Crippen molar-refractivity contribution < 1.29 is 14.3 Å². The van der Waals surface area contributed by atoms with Gasteiger partial charge in [0, 0.05) is 6.07 Å². The molecule has 1 heterocycles. The van der Waals surface area contributed by atoms with E-state index in [1.54, 1.807) is 18.2 Å². The summed E-state index contributed by atoms with van der Waals surface area (Å²) in [5.41, 5.74) is 0.129. The van der Waals surface area contributed by atoms with Crippen molar-refractivity contribution in [2.75, 3.05) is 7.11 Å². The fraction of sp³-hybridized carbons (Fsp3) is 0.154. The Bertz CT molecular complexity index is 672. The number of rotatable bonds is 4. The van der Waals surface area contributed by atoms with Crippen molar-refractivity contribution in [3.05, 3.63) is 40.2 Å². The number of carbonyl (C=O) groups is 2. The van der Waals surface area contributed by atoms with Crippen LogP contribution in [0.3, 0.4) is 0 Å². The molecular weight excluding hydrogens is 234 g/mol. The molecule has 0 aliphatic rings. The van der Waals surface area contributed by atoms with Gasteiger partial charge in [0.2, 0.25) is 0 Å². The molecule has 0 N–H and O–H groups in total. The molecule has 0 spiro atoms. The molecule has 1 aromatic heterocycles. The molecule has 0 amide bonds. The highest BCUT2D eigenvalue weighted by Gasteiger charge is 2.09. The van der Waals surface area contributed by atoms with Crippen LogP contribution in [0.4, 0.5) is 0 Å². The van der Waals surface area contributed by atoms with Gasteiger partial charge in [0.05, 0.1) is 24.7 Å². The summed E-state index contributed by atoms with van der Waals surface area (Å²) in [4.78, 5) is 33.4. The Morgan fingerprint density at radius 1 is 1.28 bits per heavy atom. The van der Waals surface area contributed by atoms with Gasteiger partial charge in [-0.1, -0.05) is 0 Å². The zero-order valence-corrected chi connectivity index (χ0v) is 9.75. The Labute approximate surface area is 103 Å². The van der Waals surface area contributed by atoms with Crippen molar-refractivity contribution in [3.63, 3.8) is 0 Å². The summed E-state index contributed by atoms with van der Waals surface area (Å²) < 4.78 is 6.34. The lowest BCUT2D eigenvalue weighted by Gasteiger charge is -2.09. The maximum absolute atomic E-state index is 11.9. The third kappa shape index (κ3) is 1.90. The standard InChI is InChI=1S/C13H11NO4/c1-18-11-3-2-9-6-10(8-16)13(17)14(4-5-15)12(9)7-11/h2-3,5-8H,4H2,1H3. The number of pyridine rings is 1. The number of methoxy groups -OCH3 is 1. The van der Waals surface area contributed by atoms with Crippen LogP contribution < -0.4 is 10.3 Å². The van der Waals surface area contributed by atoms with E-state index in [4.69, 9.17) is 4.74 Å². The van der Waals surface area contributed by atoms with Crippen molar-refractivity contribution in [2.24, 2.45) is 0 Å². The van der Waals surface area contributed by atoms with E-state index in [1.165, 1.54) is 17.7 Å². The third-order valence-electron chi connectivity index (χ3n) is 2.72. The molecule has 0 fully saturated rings. The van der Waals surface area contributed by atoms with Gasteiger partial charge < -0.3 is 14.1 Å². The van der Waals surface area contributed by atoms with Crippen LogP contribution in [0.15, 0.2) is 29.1 Å². The van der Waals surface area contributed by atoms with Crippen LogP contribution in [0, 0.1) is 0 Å². The highest BCUT2D eigenvalue weighted by molar-refractivity contribution is 5.87. The minimum atomic E-state index is -0.474. The molecule has 18 heavy (non-hydrogen) atoms. The van der Waals surface area contributed by atoms with Crippen molar-refractivity contribution in [1.29, 1.82) is 0 Å². The van der Waals surface area contributed by atoms with E-state index in [1.807, 2.05) is 0 Å². The van der Waals surface area contributed by atoms with Crippen molar-refractivity contribution in [1.82, 2.24) is 4.57 Å². The zero-order valence-electron chi connectivity index (χ0n) is 9.75. The molecule has 1 aromatic carbocycles. The largest absolute Gasteiger partial charge is 0.497 e. The maximum atomic E-state index is 11.9. The van der Waals surface area contributed by atoms with Crippen LogP contribution in [0.1, 0.15) is 10.4 Å². The fourth-order valence-electron chi connectivity index (χ4n) is 1.84. The number of nitrogens with zero attached hydrogens (tertiary/aromatic N) is 1. The zero-order chi connectivity index (χ0) is 13.1. The topological polar surface area (TPSA) is 65.4 Å². The minimum absolute atomic E-state index is 0.0366. The van der Waals surface area contributed by atoms with Gasteiger partial charge in [-0.3, -0.25) is 9.59 Å². The van der Waals surface area contributed by atoms with Crippen molar-refractivity contribution in [3.8, 4) is 5.75 Å². The van der Waals surface area contributed by atoms with E-state index in [-0.39, 0.29) is 12.1 Å². The van der Waals surface area contributed by atoms with Crippen LogP contribution in [0.2, 0.25) is 0 Å². The molecule has 5 heteroatoms. The van der Waals surface area contributed by atoms with Gasteiger partial charge in [-0.2, -0.15) is 0 Å². The van der Waals surface area contributed by atoms with Crippen LogP contribution in [0.5, 0.6) is 5.75 Å². The number of benzene rings is 1. The van der Waals surface area contributed by atoms with E-state index in [0.29, 0.717) is 29.2 Å². The van der Waals surface area contributed by atoms with Crippen LogP contribution in [-0.2, 0) is 11.3 Å². The molecule has 0 saturated heterocycles. The second-order valence-corrected chi connectivity index (χ2v) is 3.72. The average molecular weight is 245 g/mol. The number of fused-ring (bicyclic) bond motifs is 1. The molecule has 0 atom stereocenters. The first-order valence-corrected chi connectivity index (χ1v) is 5.31. The van der Waals surface area contributed by atoms with Crippen molar-refractivity contribution in [2.45, 2.75) is 6.54 Å². The SMILES string of the molecule is COc1ccc2cc(C=O)c(=O)n(CC=O)c2c1. The molecule has 5 nitrogen and oxygen atoms in total. The predicted octanol–water partition coefficient (Wildman–Crippen LogP) is 1.02. The highest BCUT2D eigenvalue weighted by atomic mass is 16.5. The molecule has 2 aromatic rings. The number of hydrogen-bond acceptors (Lipinski definition) is 4. The van der Waals surface area contributed by atoms with Crippen LogP contribution >= 0.6 is 0 Å². The average Bonchev–Trinajstić information content (AvgIpc) is 2.41. The lowest BCUT2D eigenvalue weighted by Crippen LogP contribution is -2.24. The molecule has 92 valence electrons. The molecule has 0 aliphatic heterocycles. The first-order chi connectivity index (χ1) is 8.71. The minimum Gasteiger partial charge on any atom is -0.497 e. The monoisotopic (exact) mass is 245 g/mol. The molecule has 0 radical (unpaired) electrons. The van der Waals surface area contributed by atoms with Gasteiger partial charge in [0.15, 0.2) is 6.29 Å². The first-order valence-electron chi connectivity index (χ1n) is 5.31.